The molecule has 3 aromatic rings. The fourth-order valence-electron chi connectivity index (χ4n) is 1.73. The first-order valence-corrected chi connectivity index (χ1v) is 5.66. The maximum Gasteiger partial charge on any atom is 0.181 e. The molecule has 0 spiro atoms. The van der Waals surface area contributed by atoms with Crippen molar-refractivity contribution in [3.63, 3.8) is 0 Å². The third kappa shape index (κ3) is 1.96. The summed E-state index contributed by atoms with van der Waals surface area (Å²) < 4.78 is 1.74. The largest absolute Gasteiger partial charge is 0.399 e. The molecule has 0 bridgehead atoms. The van der Waals surface area contributed by atoms with Crippen LogP contribution in [0.2, 0.25) is 0 Å². The van der Waals surface area contributed by atoms with E-state index in [4.69, 9.17) is 5.73 Å². The van der Waals surface area contributed by atoms with Crippen molar-refractivity contribution in [3.05, 3.63) is 60.9 Å². The lowest BCUT2D eigenvalue weighted by molar-refractivity contribution is 0.882. The van der Waals surface area contributed by atoms with Crippen molar-refractivity contribution in [2.75, 3.05) is 5.73 Å². The molecule has 0 aliphatic carbocycles. The molecule has 3 rings (SSSR count). The number of benzene rings is 2. The van der Waals surface area contributed by atoms with Crippen LogP contribution >= 0.6 is 0 Å². The number of hydrogen-bond acceptors (Lipinski definition) is 3. The molecule has 0 aliphatic heterocycles. The minimum Gasteiger partial charge on any atom is -0.399 e. The van der Waals surface area contributed by atoms with Gasteiger partial charge in [-0.25, -0.2) is 9.67 Å². The minimum absolute atomic E-state index is 0.715. The zero-order valence-electron chi connectivity index (χ0n) is 9.69. The molecule has 4 heteroatoms. The van der Waals surface area contributed by atoms with Crippen LogP contribution in [-0.2, 0) is 0 Å². The summed E-state index contributed by atoms with van der Waals surface area (Å²) in [5.74, 6) is 0.715. The van der Waals surface area contributed by atoms with Crippen LogP contribution in [0, 0.1) is 0 Å². The van der Waals surface area contributed by atoms with E-state index in [-0.39, 0.29) is 0 Å². The van der Waals surface area contributed by atoms with Gasteiger partial charge in [0.15, 0.2) is 5.82 Å². The van der Waals surface area contributed by atoms with Gasteiger partial charge in [0.25, 0.3) is 0 Å². The van der Waals surface area contributed by atoms with E-state index in [0.717, 1.165) is 16.9 Å². The Morgan fingerprint density at radius 2 is 1.61 bits per heavy atom. The van der Waals surface area contributed by atoms with Crippen LogP contribution in [0.4, 0.5) is 5.69 Å². The second kappa shape index (κ2) is 4.33. The number of anilines is 1. The molecule has 0 unspecified atom stereocenters. The Kier molecular flexibility index (Phi) is 2.53. The van der Waals surface area contributed by atoms with E-state index in [1.807, 2.05) is 54.6 Å². The van der Waals surface area contributed by atoms with Gasteiger partial charge in [-0.15, -0.1) is 5.10 Å². The zero-order chi connectivity index (χ0) is 12.4. The number of rotatable bonds is 2. The molecule has 0 radical (unpaired) electrons. The van der Waals surface area contributed by atoms with Crippen molar-refractivity contribution < 1.29 is 0 Å². The highest BCUT2D eigenvalue weighted by molar-refractivity contribution is 5.54. The van der Waals surface area contributed by atoms with Crippen molar-refractivity contribution in [1.29, 1.82) is 0 Å². The quantitative estimate of drug-likeness (QED) is 0.695. The smallest absolute Gasteiger partial charge is 0.181 e. The second-order valence-corrected chi connectivity index (χ2v) is 3.97. The van der Waals surface area contributed by atoms with Crippen LogP contribution in [0.15, 0.2) is 60.9 Å². The van der Waals surface area contributed by atoms with E-state index in [1.165, 1.54) is 0 Å². The standard InChI is InChI=1S/C14H12N4/c15-12-6-8-13(9-7-12)18-10-16-14(17-18)11-4-2-1-3-5-11/h1-10H,15H2. The summed E-state index contributed by atoms with van der Waals surface area (Å²) in [6, 6.07) is 17.4. The molecule has 0 aliphatic rings. The van der Waals surface area contributed by atoms with Gasteiger partial charge in [-0.1, -0.05) is 30.3 Å². The number of nitrogens with two attached hydrogens (primary N) is 1. The molecule has 1 aromatic heterocycles. The van der Waals surface area contributed by atoms with Crippen LogP contribution < -0.4 is 5.73 Å². The molecule has 0 amide bonds. The van der Waals surface area contributed by atoms with E-state index >= 15 is 0 Å². The average Bonchev–Trinajstić information content (AvgIpc) is 2.90. The Morgan fingerprint density at radius 3 is 2.33 bits per heavy atom. The highest BCUT2D eigenvalue weighted by atomic mass is 15.3. The summed E-state index contributed by atoms with van der Waals surface area (Å²) in [6.07, 6.45) is 1.70. The number of nitrogen functional groups attached to an aromatic ring is 1. The third-order valence-electron chi connectivity index (χ3n) is 2.68. The molecule has 2 N–H and O–H groups in total. The van der Waals surface area contributed by atoms with E-state index in [0.29, 0.717) is 5.82 Å². The first-order chi connectivity index (χ1) is 8.83. The molecule has 4 nitrogen and oxygen atoms in total. The topological polar surface area (TPSA) is 56.7 Å². The predicted molar refractivity (Wildman–Crippen MR) is 71.2 cm³/mol. The maximum atomic E-state index is 5.66. The highest BCUT2D eigenvalue weighted by Gasteiger charge is 2.04. The van der Waals surface area contributed by atoms with Crippen molar-refractivity contribution in [2.45, 2.75) is 0 Å². The van der Waals surface area contributed by atoms with Gasteiger partial charge >= 0.3 is 0 Å². The van der Waals surface area contributed by atoms with Crippen LogP contribution in [0.5, 0.6) is 0 Å². The Bertz CT molecular complexity index is 641. The maximum absolute atomic E-state index is 5.66. The average molecular weight is 236 g/mol. The van der Waals surface area contributed by atoms with Crippen LogP contribution in [0.3, 0.4) is 0 Å². The van der Waals surface area contributed by atoms with E-state index in [2.05, 4.69) is 10.1 Å². The number of aromatic nitrogens is 3. The fraction of sp³-hybridized carbons (Fsp3) is 0. The molecule has 88 valence electrons. The van der Waals surface area contributed by atoms with Crippen LogP contribution in [0.25, 0.3) is 17.1 Å². The number of hydrogen-bond donors (Lipinski definition) is 1. The van der Waals surface area contributed by atoms with Gasteiger partial charge in [0.05, 0.1) is 5.69 Å². The summed E-state index contributed by atoms with van der Waals surface area (Å²) in [7, 11) is 0. The summed E-state index contributed by atoms with van der Waals surface area (Å²) in [5, 5.41) is 4.45. The van der Waals surface area contributed by atoms with Crippen molar-refractivity contribution >= 4 is 5.69 Å². The van der Waals surface area contributed by atoms with E-state index < -0.39 is 0 Å². The molecular weight excluding hydrogens is 224 g/mol. The molecule has 0 saturated heterocycles. The third-order valence-corrected chi connectivity index (χ3v) is 2.68. The van der Waals surface area contributed by atoms with Crippen LogP contribution in [0.1, 0.15) is 0 Å². The van der Waals surface area contributed by atoms with Crippen molar-refractivity contribution in [1.82, 2.24) is 14.8 Å². The monoisotopic (exact) mass is 236 g/mol. The van der Waals surface area contributed by atoms with Gasteiger partial charge in [0.1, 0.15) is 6.33 Å². The Morgan fingerprint density at radius 1 is 0.889 bits per heavy atom. The fourth-order valence-corrected chi connectivity index (χ4v) is 1.73. The van der Waals surface area contributed by atoms with Gasteiger partial charge in [0, 0.05) is 11.3 Å². The molecule has 0 saturated carbocycles. The zero-order valence-corrected chi connectivity index (χ0v) is 9.69. The summed E-state index contributed by atoms with van der Waals surface area (Å²) in [6.45, 7) is 0. The first kappa shape index (κ1) is 10.5. The van der Waals surface area contributed by atoms with Gasteiger partial charge < -0.3 is 5.73 Å². The lowest BCUT2D eigenvalue weighted by atomic mass is 10.2. The predicted octanol–water partition coefficient (Wildman–Crippen LogP) is 2.52. The lowest BCUT2D eigenvalue weighted by Crippen LogP contribution is -1.95. The Labute approximate surface area is 105 Å². The van der Waals surface area contributed by atoms with Crippen molar-refractivity contribution in [3.8, 4) is 17.1 Å². The van der Waals surface area contributed by atoms with Gasteiger partial charge in [0.2, 0.25) is 0 Å². The second-order valence-electron chi connectivity index (χ2n) is 3.97. The minimum atomic E-state index is 0.715. The number of nitrogens with zero attached hydrogens (tertiary/aromatic N) is 3. The normalized spacial score (nSPS) is 10.4. The molecule has 1 heterocycles. The van der Waals surface area contributed by atoms with Gasteiger partial charge in [-0.3, -0.25) is 0 Å². The lowest BCUT2D eigenvalue weighted by Gasteiger charge is -2.00. The molecule has 2 aromatic carbocycles. The Hall–Kier alpha value is -2.62. The van der Waals surface area contributed by atoms with Crippen molar-refractivity contribution in [2.24, 2.45) is 0 Å². The van der Waals surface area contributed by atoms with E-state index in [9.17, 15) is 0 Å². The Balaban J connectivity index is 1.97. The summed E-state index contributed by atoms with van der Waals surface area (Å²) in [5.41, 5.74) is 8.34. The SMILES string of the molecule is Nc1ccc(-n2cnc(-c3ccccc3)n2)cc1. The highest BCUT2D eigenvalue weighted by Crippen LogP contribution is 2.15. The van der Waals surface area contributed by atoms with Gasteiger partial charge in [-0.05, 0) is 24.3 Å². The summed E-state index contributed by atoms with van der Waals surface area (Å²) >= 11 is 0. The van der Waals surface area contributed by atoms with Gasteiger partial charge in [-0.2, -0.15) is 0 Å². The van der Waals surface area contributed by atoms with E-state index in [1.54, 1.807) is 11.0 Å². The van der Waals surface area contributed by atoms with Crippen LogP contribution in [-0.4, -0.2) is 14.8 Å². The molecule has 18 heavy (non-hydrogen) atoms. The molecule has 0 fully saturated rings. The first-order valence-electron chi connectivity index (χ1n) is 5.66. The molecular formula is C14H12N4. The molecule has 0 atom stereocenters. The summed E-state index contributed by atoms with van der Waals surface area (Å²) in [4.78, 5) is 4.31.